The van der Waals surface area contributed by atoms with Crippen LogP contribution in [0.4, 0.5) is 4.39 Å². The van der Waals surface area contributed by atoms with Gasteiger partial charge in [-0.2, -0.15) is 0 Å². The Bertz CT molecular complexity index is 467. The summed E-state index contributed by atoms with van der Waals surface area (Å²) in [5.41, 5.74) is 5.71. The van der Waals surface area contributed by atoms with Crippen LogP contribution in [0.1, 0.15) is 30.1 Å². The van der Waals surface area contributed by atoms with Crippen LogP contribution in [0.2, 0.25) is 0 Å². The minimum Gasteiger partial charge on any atom is -0.393 e. The van der Waals surface area contributed by atoms with Gasteiger partial charge in [0, 0.05) is 16.9 Å². The molecule has 1 aromatic carbocycles. The topological polar surface area (TPSA) is 55.1 Å². The van der Waals surface area contributed by atoms with Crippen molar-refractivity contribution >= 4 is 39.0 Å². The van der Waals surface area contributed by atoms with Crippen molar-refractivity contribution in [2.24, 2.45) is 5.73 Å². The van der Waals surface area contributed by atoms with E-state index in [-0.39, 0.29) is 17.5 Å². The molecule has 0 aromatic heterocycles. The van der Waals surface area contributed by atoms with E-state index in [4.69, 9.17) is 18.0 Å². The van der Waals surface area contributed by atoms with Crippen molar-refractivity contribution in [2.75, 3.05) is 0 Å². The van der Waals surface area contributed by atoms with Crippen molar-refractivity contribution in [3.05, 3.63) is 34.1 Å². The number of carbonyl (C=O) groups is 1. The minimum absolute atomic E-state index is 0.134. The van der Waals surface area contributed by atoms with Crippen molar-refractivity contribution < 1.29 is 9.18 Å². The summed E-state index contributed by atoms with van der Waals surface area (Å²) in [5.74, 6) is -0.796. The standard InChI is InChI=1S/C12H14BrFN2OS/c1-2-8(6-11(15)18)16-12(17)9-5-7(14)3-4-10(9)13/h3-5,8H,2,6H2,1H3,(H2,15,18)(H,16,17). The first-order chi connectivity index (χ1) is 8.43. The predicted molar refractivity (Wildman–Crippen MR) is 77.0 cm³/mol. The van der Waals surface area contributed by atoms with Crippen LogP contribution in [0.3, 0.4) is 0 Å². The number of benzene rings is 1. The van der Waals surface area contributed by atoms with Crippen molar-refractivity contribution in [1.29, 1.82) is 0 Å². The van der Waals surface area contributed by atoms with E-state index in [1.807, 2.05) is 6.92 Å². The molecule has 3 nitrogen and oxygen atoms in total. The summed E-state index contributed by atoms with van der Waals surface area (Å²) in [6.07, 6.45) is 1.14. The zero-order chi connectivity index (χ0) is 13.7. The second-order valence-electron chi connectivity index (χ2n) is 3.87. The average Bonchev–Trinajstić information content (AvgIpc) is 2.30. The molecule has 0 spiro atoms. The summed E-state index contributed by atoms with van der Waals surface area (Å²) in [7, 11) is 0. The third-order valence-electron chi connectivity index (χ3n) is 2.45. The lowest BCUT2D eigenvalue weighted by Gasteiger charge is -2.16. The highest BCUT2D eigenvalue weighted by atomic mass is 79.9. The normalized spacial score (nSPS) is 11.9. The molecule has 98 valence electrons. The van der Waals surface area contributed by atoms with Crippen molar-refractivity contribution in [2.45, 2.75) is 25.8 Å². The molecule has 0 saturated carbocycles. The van der Waals surface area contributed by atoms with Crippen LogP contribution < -0.4 is 11.1 Å². The SMILES string of the molecule is CCC(CC(N)=S)NC(=O)c1cc(F)ccc1Br. The molecule has 0 aliphatic carbocycles. The van der Waals surface area contributed by atoms with E-state index < -0.39 is 5.82 Å². The van der Waals surface area contributed by atoms with Crippen LogP contribution in [-0.2, 0) is 0 Å². The summed E-state index contributed by atoms with van der Waals surface area (Å²) in [6.45, 7) is 1.92. The maximum absolute atomic E-state index is 13.1. The van der Waals surface area contributed by atoms with Gasteiger partial charge in [0.15, 0.2) is 0 Å². The first-order valence-corrected chi connectivity index (χ1v) is 6.68. The lowest BCUT2D eigenvalue weighted by Crippen LogP contribution is -2.37. The zero-order valence-electron chi connectivity index (χ0n) is 9.87. The summed E-state index contributed by atoms with van der Waals surface area (Å²) in [6, 6.07) is 3.84. The third kappa shape index (κ3) is 4.34. The van der Waals surface area contributed by atoms with Gasteiger partial charge in [0.2, 0.25) is 0 Å². The van der Waals surface area contributed by atoms with E-state index in [1.165, 1.54) is 18.2 Å². The summed E-state index contributed by atoms with van der Waals surface area (Å²) >= 11 is 8.03. The molecule has 0 saturated heterocycles. The van der Waals surface area contributed by atoms with Crippen LogP contribution in [0.15, 0.2) is 22.7 Å². The number of rotatable bonds is 5. The van der Waals surface area contributed by atoms with Gasteiger partial charge in [-0.3, -0.25) is 4.79 Å². The van der Waals surface area contributed by atoms with Gasteiger partial charge >= 0.3 is 0 Å². The van der Waals surface area contributed by atoms with Gasteiger partial charge in [-0.1, -0.05) is 19.1 Å². The number of halogens is 2. The number of thiocarbonyl (C=S) groups is 1. The quantitative estimate of drug-likeness (QED) is 0.815. The Labute approximate surface area is 119 Å². The molecule has 1 atom stereocenters. The zero-order valence-corrected chi connectivity index (χ0v) is 12.3. The first-order valence-electron chi connectivity index (χ1n) is 5.48. The van der Waals surface area contributed by atoms with Gasteiger partial charge in [-0.25, -0.2) is 4.39 Å². The molecular formula is C12H14BrFN2OS. The molecule has 1 amide bonds. The molecule has 0 radical (unpaired) electrons. The van der Waals surface area contributed by atoms with Crippen LogP contribution in [-0.4, -0.2) is 16.9 Å². The van der Waals surface area contributed by atoms with E-state index in [0.29, 0.717) is 22.3 Å². The summed E-state index contributed by atoms with van der Waals surface area (Å²) in [5, 5.41) is 2.78. The Balaban J connectivity index is 2.80. The molecular weight excluding hydrogens is 319 g/mol. The van der Waals surface area contributed by atoms with Gasteiger partial charge in [0.05, 0.1) is 10.6 Å². The smallest absolute Gasteiger partial charge is 0.252 e. The minimum atomic E-state index is -0.453. The fraction of sp³-hybridized carbons (Fsp3) is 0.333. The number of hydrogen-bond donors (Lipinski definition) is 2. The lowest BCUT2D eigenvalue weighted by atomic mass is 10.1. The van der Waals surface area contributed by atoms with E-state index >= 15 is 0 Å². The van der Waals surface area contributed by atoms with Gasteiger partial charge in [0.25, 0.3) is 5.91 Å². The van der Waals surface area contributed by atoms with Crippen LogP contribution in [0.5, 0.6) is 0 Å². The van der Waals surface area contributed by atoms with E-state index in [1.54, 1.807) is 0 Å². The Morgan fingerprint density at radius 1 is 1.61 bits per heavy atom. The van der Waals surface area contributed by atoms with Crippen molar-refractivity contribution in [3.63, 3.8) is 0 Å². The first kappa shape index (κ1) is 15.0. The van der Waals surface area contributed by atoms with Gasteiger partial charge in [-0.05, 0) is 40.5 Å². The molecule has 0 aliphatic rings. The molecule has 0 bridgehead atoms. The number of nitrogens with two attached hydrogens (primary N) is 1. The number of hydrogen-bond acceptors (Lipinski definition) is 2. The van der Waals surface area contributed by atoms with Crippen LogP contribution >= 0.6 is 28.1 Å². The predicted octanol–water partition coefficient (Wildman–Crippen LogP) is 2.77. The Morgan fingerprint density at radius 2 is 2.28 bits per heavy atom. The van der Waals surface area contributed by atoms with E-state index in [9.17, 15) is 9.18 Å². The second-order valence-corrected chi connectivity index (χ2v) is 5.25. The monoisotopic (exact) mass is 332 g/mol. The maximum Gasteiger partial charge on any atom is 0.252 e. The van der Waals surface area contributed by atoms with Crippen LogP contribution in [0.25, 0.3) is 0 Å². The summed E-state index contributed by atoms with van der Waals surface area (Å²) in [4.78, 5) is 12.3. The number of amides is 1. The molecule has 1 aromatic rings. The molecule has 3 N–H and O–H groups in total. The third-order valence-corrected chi connectivity index (χ3v) is 3.31. The molecule has 0 fully saturated rings. The Kier molecular flexibility index (Phi) is 5.68. The number of nitrogens with one attached hydrogen (secondary N) is 1. The Morgan fingerprint density at radius 3 is 2.83 bits per heavy atom. The highest BCUT2D eigenvalue weighted by Gasteiger charge is 2.15. The van der Waals surface area contributed by atoms with Gasteiger partial charge in [-0.15, -0.1) is 0 Å². The average molecular weight is 333 g/mol. The molecule has 1 rings (SSSR count). The molecule has 1 unspecified atom stereocenters. The van der Waals surface area contributed by atoms with Crippen molar-refractivity contribution in [3.8, 4) is 0 Å². The van der Waals surface area contributed by atoms with E-state index in [2.05, 4.69) is 21.2 Å². The molecule has 18 heavy (non-hydrogen) atoms. The largest absolute Gasteiger partial charge is 0.393 e. The van der Waals surface area contributed by atoms with Gasteiger partial charge < -0.3 is 11.1 Å². The van der Waals surface area contributed by atoms with Crippen molar-refractivity contribution in [1.82, 2.24) is 5.32 Å². The highest BCUT2D eigenvalue weighted by molar-refractivity contribution is 9.10. The Hall–Kier alpha value is -1.01. The molecule has 0 heterocycles. The number of carbonyl (C=O) groups excluding carboxylic acids is 1. The fourth-order valence-electron chi connectivity index (χ4n) is 1.47. The summed E-state index contributed by atoms with van der Waals surface area (Å²) < 4.78 is 13.6. The molecule has 6 heteroatoms. The second kappa shape index (κ2) is 6.80. The van der Waals surface area contributed by atoms with Crippen LogP contribution in [0, 0.1) is 5.82 Å². The maximum atomic E-state index is 13.1. The highest BCUT2D eigenvalue weighted by Crippen LogP contribution is 2.18. The van der Waals surface area contributed by atoms with E-state index in [0.717, 1.165) is 0 Å². The molecule has 0 aliphatic heterocycles. The fourth-order valence-corrected chi connectivity index (χ4v) is 2.10. The van der Waals surface area contributed by atoms with Gasteiger partial charge in [0.1, 0.15) is 5.82 Å². The lowest BCUT2D eigenvalue weighted by molar-refractivity contribution is 0.0936.